The molecule has 3 aromatic rings. The van der Waals surface area contributed by atoms with Crippen molar-refractivity contribution in [3.63, 3.8) is 0 Å². The Morgan fingerprint density at radius 1 is 1.29 bits per heavy atom. The van der Waals surface area contributed by atoms with Gasteiger partial charge in [0.25, 0.3) is 0 Å². The second kappa shape index (κ2) is 3.63. The number of nitrogen functional groups attached to an aromatic ring is 1. The fraction of sp³-hybridized carbons (Fsp3) is 0.0833. The van der Waals surface area contributed by atoms with Crippen LogP contribution in [0.1, 0.15) is 0 Å². The van der Waals surface area contributed by atoms with Crippen LogP contribution in [0.2, 0.25) is 0 Å². The third-order valence-corrected chi connectivity index (χ3v) is 3.13. The summed E-state index contributed by atoms with van der Waals surface area (Å²) in [4.78, 5) is 0. The summed E-state index contributed by atoms with van der Waals surface area (Å²) in [5, 5.41) is 5.16. The van der Waals surface area contributed by atoms with Gasteiger partial charge in [-0.25, -0.2) is 0 Å². The molecule has 0 radical (unpaired) electrons. The zero-order valence-corrected chi connectivity index (χ0v) is 10.7. The van der Waals surface area contributed by atoms with E-state index >= 15 is 0 Å². The average molecular weight is 292 g/mol. The largest absolute Gasteiger partial charge is 0.454 e. The first-order valence-corrected chi connectivity index (χ1v) is 5.92. The summed E-state index contributed by atoms with van der Waals surface area (Å²) in [6.07, 6.45) is 0. The van der Waals surface area contributed by atoms with E-state index in [-0.39, 0.29) is 0 Å². The van der Waals surface area contributed by atoms with Gasteiger partial charge in [-0.05, 0) is 24.3 Å². The number of furan rings is 1. The van der Waals surface area contributed by atoms with Crippen molar-refractivity contribution >= 4 is 32.7 Å². The van der Waals surface area contributed by atoms with Crippen LogP contribution in [-0.2, 0) is 7.05 Å². The van der Waals surface area contributed by atoms with E-state index in [0.717, 1.165) is 26.9 Å². The molecule has 0 saturated heterocycles. The van der Waals surface area contributed by atoms with E-state index in [0.29, 0.717) is 5.82 Å². The van der Waals surface area contributed by atoms with Gasteiger partial charge in [0.2, 0.25) is 0 Å². The minimum atomic E-state index is 0.490. The number of nitrogens with two attached hydrogens (primary N) is 1. The first kappa shape index (κ1) is 10.4. The maximum absolute atomic E-state index is 5.78. The molecular formula is C12H10BrN3O. The fourth-order valence-corrected chi connectivity index (χ4v) is 2.19. The van der Waals surface area contributed by atoms with Gasteiger partial charge in [0, 0.05) is 23.0 Å². The molecule has 5 heteroatoms. The second-order valence-corrected chi connectivity index (χ2v) is 4.79. The van der Waals surface area contributed by atoms with Crippen molar-refractivity contribution in [1.29, 1.82) is 0 Å². The molecule has 2 heterocycles. The minimum absolute atomic E-state index is 0.490. The summed E-state index contributed by atoms with van der Waals surface area (Å²) < 4.78 is 8.49. The number of nitrogens with zero attached hydrogens (tertiary/aromatic N) is 2. The van der Waals surface area contributed by atoms with E-state index in [1.165, 1.54) is 0 Å². The highest BCUT2D eigenvalue weighted by Crippen LogP contribution is 2.30. The second-order valence-electron chi connectivity index (χ2n) is 3.87. The van der Waals surface area contributed by atoms with Gasteiger partial charge in [-0.2, -0.15) is 5.10 Å². The van der Waals surface area contributed by atoms with Gasteiger partial charge in [-0.3, -0.25) is 4.68 Å². The summed E-state index contributed by atoms with van der Waals surface area (Å²) in [7, 11) is 1.84. The summed E-state index contributed by atoms with van der Waals surface area (Å²) in [6.45, 7) is 0. The highest BCUT2D eigenvalue weighted by molar-refractivity contribution is 9.10. The number of rotatable bonds is 1. The Hall–Kier alpha value is -1.75. The molecular weight excluding hydrogens is 282 g/mol. The smallest absolute Gasteiger partial charge is 0.153 e. The number of benzene rings is 1. The topological polar surface area (TPSA) is 57.0 Å². The molecule has 0 aliphatic carbocycles. The SMILES string of the molecule is Cn1nc(N)cc1-c1cc2ccc(Br)cc2o1. The summed E-state index contributed by atoms with van der Waals surface area (Å²) in [6, 6.07) is 9.72. The minimum Gasteiger partial charge on any atom is -0.454 e. The van der Waals surface area contributed by atoms with E-state index in [9.17, 15) is 0 Å². The molecule has 0 unspecified atom stereocenters. The number of hydrogen-bond acceptors (Lipinski definition) is 3. The maximum Gasteiger partial charge on any atom is 0.153 e. The van der Waals surface area contributed by atoms with Crippen LogP contribution in [0.3, 0.4) is 0 Å². The van der Waals surface area contributed by atoms with Gasteiger partial charge in [0.15, 0.2) is 5.76 Å². The monoisotopic (exact) mass is 291 g/mol. The van der Waals surface area contributed by atoms with Crippen molar-refractivity contribution in [3.05, 3.63) is 34.8 Å². The van der Waals surface area contributed by atoms with Gasteiger partial charge in [-0.1, -0.05) is 15.9 Å². The third-order valence-electron chi connectivity index (χ3n) is 2.63. The summed E-state index contributed by atoms with van der Waals surface area (Å²) >= 11 is 3.42. The average Bonchev–Trinajstić information content (AvgIpc) is 2.80. The first-order chi connectivity index (χ1) is 8.13. The van der Waals surface area contributed by atoms with Crippen LogP contribution in [0.4, 0.5) is 5.82 Å². The van der Waals surface area contributed by atoms with Crippen molar-refractivity contribution in [3.8, 4) is 11.5 Å². The lowest BCUT2D eigenvalue weighted by Gasteiger charge is -1.95. The molecule has 0 aliphatic rings. The van der Waals surface area contributed by atoms with Crippen LogP contribution in [0.15, 0.2) is 39.2 Å². The maximum atomic E-state index is 5.78. The molecule has 3 rings (SSSR count). The highest BCUT2D eigenvalue weighted by atomic mass is 79.9. The van der Waals surface area contributed by atoms with E-state index in [2.05, 4.69) is 21.0 Å². The molecule has 2 N–H and O–H groups in total. The lowest BCUT2D eigenvalue weighted by molar-refractivity contribution is 0.618. The van der Waals surface area contributed by atoms with Crippen molar-refractivity contribution in [2.24, 2.45) is 7.05 Å². The fourth-order valence-electron chi connectivity index (χ4n) is 1.85. The summed E-state index contributed by atoms with van der Waals surface area (Å²) in [5.41, 5.74) is 7.37. The van der Waals surface area contributed by atoms with Gasteiger partial charge in [0.05, 0.1) is 0 Å². The number of anilines is 1. The molecule has 0 bridgehead atoms. The molecule has 0 fully saturated rings. The lowest BCUT2D eigenvalue weighted by Crippen LogP contribution is -1.93. The molecule has 1 aromatic carbocycles. The van der Waals surface area contributed by atoms with Gasteiger partial charge < -0.3 is 10.2 Å². The van der Waals surface area contributed by atoms with Gasteiger partial charge in [-0.15, -0.1) is 0 Å². The standard InChI is InChI=1S/C12H10BrN3O/c1-16-9(6-12(14)15-16)11-4-7-2-3-8(13)5-10(7)17-11/h2-6H,1H3,(H2,14,15). The van der Waals surface area contributed by atoms with Crippen LogP contribution >= 0.6 is 15.9 Å². The number of halogens is 1. The van der Waals surface area contributed by atoms with Gasteiger partial charge >= 0.3 is 0 Å². The van der Waals surface area contributed by atoms with E-state index in [1.54, 1.807) is 10.7 Å². The zero-order valence-electron chi connectivity index (χ0n) is 9.14. The zero-order chi connectivity index (χ0) is 12.0. The number of aryl methyl sites for hydroxylation is 1. The first-order valence-electron chi connectivity index (χ1n) is 5.12. The Morgan fingerprint density at radius 2 is 2.12 bits per heavy atom. The Morgan fingerprint density at radius 3 is 2.82 bits per heavy atom. The van der Waals surface area contributed by atoms with Crippen LogP contribution < -0.4 is 5.73 Å². The Bertz CT molecular complexity index is 699. The Labute approximate surface area is 106 Å². The van der Waals surface area contributed by atoms with E-state index in [4.69, 9.17) is 10.2 Å². The molecule has 0 atom stereocenters. The highest BCUT2D eigenvalue weighted by Gasteiger charge is 2.11. The molecule has 0 amide bonds. The Balaban J connectivity index is 2.21. The van der Waals surface area contributed by atoms with Crippen LogP contribution in [0.25, 0.3) is 22.4 Å². The van der Waals surface area contributed by atoms with Crippen molar-refractivity contribution in [2.45, 2.75) is 0 Å². The normalized spacial score (nSPS) is 11.2. The molecule has 4 nitrogen and oxygen atoms in total. The van der Waals surface area contributed by atoms with Crippen LogP contribution in [0, 0.1) is 0 Å². The molecule has 17 heavy (non-hydrogen) atoms. The van der Waals surface area contributed by atoms with Crippen LogP contribution in [-0.4, -0.2) is 9.78 Å². The molecule has 0 saturated carbocycles. The predicted octanol–water partition coefficient (Wildman–Crippen LogP) is 3.18. The quantitative estimate of drug-likeness (QED) is 0.749. The molecule has 0 aliphatic heterocycles. The number of fused-ring (bicyclic) bond motifs is 1. The number of hydrogen-bond donors (Lipinski definition) is 1. The molecule has 86 valence electrons. The molecule has 2 aromatic heterocycles. The van der Waals surface area contributed by atoms with Gasteiger partial charge in [0.1, 0.15) is 17.1 Å². The third kappa shape index (κ3) is 1.72. The Kier molecular flexibility index (Phi) is 2.22. The number of aromatic nitrogens is 2. The molecule has 0 spiro atoms. The van der Waals surface area contributed by atoms with Crippen molar-refractivity contribution < 1.29 is 4.42 Å². The summed E-state index contributed by atoms with van der Waals surface area (Å²) in [5.74, 6) is 1.26. The van der Waals surface area contributed by atoms with Crippen molar-refractivity contribution in [2.75, 3.05) is 5.73 Å². The van der Waals surface area contributed by atoms with E-state index in [1.807, 2.05) is 31.3 Å². The van der Waals surface area contributed by atoms with Crippen LogP contribution in [0.5, 0.6) is 0 Å². The predicted molar refractivity (Wildman–Crippen MR) is 70.5 cm³/mol. The van der Waals surface area contributed by atoms with Crippen molar-refractivity contribution in [1.82, 2.24) is 9.78 Å². The lowest BCUT2D eigenvalue weighted by atomic mass is 10.2. The van der Waals surface area contributed by atoms with E-state index < -0.39 is 0 Å².